The number of halogens is 4. The van der Waals surface area contributed by atoms with E-state index in [9.17, 15) is 13.6 Å². The summed E-state index contributed by atoms with van der Waals surface area (Å²) in [5, 5.41) is 7.50. The maximum Gasteiger partial charge on any atom is 0.333 e. The van der Waals surface area contributed by atoms with E-state index in [2.05, 4.69) is 10.4 Å². The van der Waals surface area contributed by atoms with Crippen LogP contribution < -0.4 is 5.32 Å². The molecule has 0 saturated carbocycles. The van der Waals surface area contributed by atoms with Crippen molar-refractivity contribution < 1.29 is 13.6 Å². The molecule has 1 heterocycles. The molecule has 28 heavy (non-hydrogen) atoms. The lowest BCUT2D eigenvalue weighted by molar-refractivity contribution is -0.115. The molecule has 2 aromatic carbocycles. The summed E-state index contributed by atoms with van der Waals surface area (Å²) in [7, 11) is 0. The second kappa shape index (κ2) is 8.29. The van der Waals surface area contributed by atoms with E-state index in [0.29, 0.717) is 31.7 Å². The Kier molecular flexibility index (Phi) is 6.01. The Balaban J connectivity index is 1.77. The molecule has 1 N–H and O–H groups in total. The Bertz CT molecular complexity index is 1030. The predicted octanol–water partition coefficient (Wildman–Crippen LogP) is 6.05. The van der Waals surface area contributed by atoms with Crippen LogP contribution >= 0.6 is 23.2 Å². The number of anilines is 1. The van der Waals surface area contributed by atoms with Crippen LogP contribution in [0.25, 0.3) is 11.1 Å². The summed E-state index contributed by atoms with van der Waals surface area (Å²) in [4.78, 5) is 12.4. The molecular weight excluding hydrogens is 407 g/mol. The van der Waals surface area contributed by atoms with Gasteiger partial charge < -0.3 is 5.32 Å². The lowest BCUT2D eigenvalue weighted by Crippen LogP contribution is -2.15. The van der Waals surface area contributed by atoms with Gasteiger partial charge in [-0.05, 0) is 49.2 Å². The number of aromatic nitrogens is 2. The van der Waals surface area contributed by atoms with E-state index < -0.39 is 6.55 Å². The highest BCUT2D eigenvalue weighted by Gasteiger charge is 2.19. The Morgan fingerprint density at radius 3 is 2.46 bits per heavy atom. The highest BCUT2D eigenvalue weighted by atomic mass is 35.5. The minimum Gasteiger partial charge on any atom is -0.326 e. The first-order valence-electron chi connectivity index (χ1n) is 8.44. The van der Waals surface area contributed by atoms with Gasteiger partial charge in [0, 0.05) is 16.9 Å². The number of nitrogens with one attached hydrogen (secondary N) is 1. The van der Waals surface area contributed by atoms with Gasteiger partial charge in [0.05, 0.1) is 22.2 Å². The molecule has 0 atom stereocenters. The third-order valence-electron chi connectivity index (χ3n) is 4.40. The van der Waals surface area contributed by atoms with Crippen LogP contribution in [0.15, 0.2) is 42.5 Å². The molecule has 0 aliphatic rings. The number of alkyl halides is 2. The first kappa shape index (κ1) is 20.3. The number of carbonyl (C=O) groups excluding carboxylic acids is 1. The SMILES string of the molecule is Cc1nn(C(F)F)c(C)c1CC(=O)Nc1cccc(-c2ccc(Cl)c(Cl)c2)c1. The molecular formula is C20H17Cl2F2N3O. The smallest absolute Gasteiger partial charge is 0.326 e. The number of hydrogen-bond donors (Lipinski definition) is 1. The Labute approximate surface area is 171 Å². The minimum absolute atomic E-state index is 0.0403. The fraction of sp³-hybridized carbons (Fsp3) is 0.200. The van der Waals surface area contributed by atoms with E-state index in [0.717, 1.165) is 11.1 Å². The molecule has 1 aromatic heterocycles. The third-order valence-corrected chi connectivity index (χ3v) is 5.14. The van der Waals surface area contributed by atoms with Gasteiger partial charge in [-0.2, -0.15) is 13.9 Å². The minimum atomic E-state index is -2.74. The largest absolute Gasteiger partial charge is 0.333 e. The highest BCUT2D eigenvalue weighted by Crippen LogP contribution is 2.30. The molecule has 3 aromatic rings. The van der Waals surface area contributed by atoms with Crippen molar-refractivity contribution >= 4 is 34.8 Å². The summed E-state index contributed by atoms with van der Waals surface area (Å²) in [6.45, 7) is 0.400. The zero-order valence-corrected chi connectivity index (χ0v) is 16.7. The number of benzene rings is 2. The molecule has 0 aliphatic heterocycles. The molecule has 0 fully saturated rings. The van der Waals surface area contributed by atoms with Gasteiger partial charge in [0.2, 0.25) is 5.91 Å². The zero-order chi connectivity index (χ0) is 20.4. The summed E-state index contributed by atoms with van der Waals surface area (Å²) >= 11 is 12.0. The fourth-order valence-corrected chi connectivity index (χ4v) is 3.26. The molecule has 3 rings (SSSR count). The van der Waals surface area contributed by atoms with E-state index in [1.807, 2.05) is 12.1 Å². The first-order valence-corrected chi connectivity index (χ1v) is 9.20. The van der Waals surface area contributed by atoms with E-state index in [1.165, 1.54) is 6.92 Å². The van der Waals surface area contributed by atoms with Gasteiger partial charge in [-0.15, -0.1) is 0 Å². The van der Waals surface area contributed by atoms with Crippen LogP contribution in [0.5, 0.6) is 0 Å². The fourth-order valence-electron chi connectivity index (χ4n) is 2.96. The molecule has 8 heteroatoms. The van der Waals surface area contributed by atoms with Crippen LogP contribution in [0, 0.1) is 13.8 Å². The van der Waals surface area contributed by atoms with Crippen LogP contribution in [0.3, 0.4) is 0 Å². The van der Waals surface area contributed by atoms with Gasteiger partial charge in [-0.3, -0.25) is 4.79 Å². The van der Waals surface area contributed by atoms with E-state index in [1.54, 1.807) is 37.3 Å². The predicted molar refractivity (Wildman–Crippen MR) is 107 cm³/mol. The van der Waals surface area contributed by atoms with Crippen molar-refractivity contribution in [3.05, 3.63) is 69.5 Å². The van der Waals surface area contributed by atoms with Gasteiger partial charge in [-0.25, -0.2) is 4.68 Å². The summed E-state index contributed by atoms with van der Waals surface area (Å²) in [5.41, 5.74) is 3.50. The standard InChI is InChI=1S/C20H17Cl2F2N3O/c1-11-16(12(2)27(26-11)20(23)24)10-19(28)25-15-5-3-4-13(8-15)14-6-7-17(21)18(22)9-14/h3-9,20H,10H2,1-2H3,(H,25,28). The maximum absolute atomic E-state index is 12.9. The number of amides is 1. The first-order chi connectivity index (χ1) is 13.3. The molecule has 4 nitrogen and oxygen atoms in total. The van der Waals surface area contributed by atoms with Gasteiger partial charge in [-0.1, -0.05) is 41.4 Å². The van der Waals surface area contributed by atoms with Crippen molar-refractivity contribution in [2.75, 3.05) is 5.32 Å². The van der Waals surface area contributed by atoms with E-state index >= 15 is 0 Å². The molecule has 0 radical (unpaired) electrons. The van der Waals surface area contributed by atoms with Crippen molar-refractivity contribution in [3.63, 3.8) is 0 Å². The second-order valence-corrected chi connectivity index (χ2v) is 7.12. The summed E-state index contributed by atoms with van der Waals surface area (Å²) in [5.74, 6) is -0.314. The summed E-state index contributed by atoms with van der Waals surface area (Å²) in [6, 6.07) is 12.5. The number of aryl methyl sites for hydroxylation is 1. The molecule has 146 valence electrons. The Morgan fingerprint density at radius 2 is 1.82 bits per heavy atom. The molecule has 0 spiro atoms. The van der Waals surface area contributed by atoms with Crippen molar-refractivity contribution in [1.29, 1.82) is 0 Å². The molecule has 0 bridgehead atoms. The molecule has 0 aliphatic carbocycles. The van der Waals surface area contributed by atoms with Crippen LogP contribution in [-0.4, -0.2) is 15.7 Å². The zero-order valence-electron chi connectivity index (χ0n) is 15.1. The number of nitrogens with zero attached hydrogens (tertiary/aromatic N) is 2. The lowest BCUT2D eigenvalue weighted by Gasteiger charge is -2.09. The van der Waals surface area contributed by atoms with Crippen molar-refractivity contribution in [2.24, 2.45) is 0 Å². The highest BCUT2D eigenvalue weighted by molar-refractivity contribution is 6.42. The van der Waals surface area contributed by atoms with Crippen LogP contribution in [-0.2, 0) is 11.2 Å². The number of rotatable bonds is 5. The van der Waals surface area contributed by atoms with Crippen LogP contribution in [0.1, 0.15) is 23.5 Å². The second-order valence-electron chi connectivity index (χ2n) is 6.31. The van der Waals surface area contributed by atoms with Crippen LogP contribution in [0.2, 0.25) is 10.0 Å². The van der Waals surface area contributed by atoms with Gasteiger partial charge in [0.1, 0.15) is 0 Å². The maximum atomic E-state index is 12.9. The van der Waals surface area contributed by atoms with E-state index in [-0.39, 0.29) is 18.0 Å². The van der Waals surface area contributed by atoms with Gasteiger partial charge in [0.25, 0.3) is 0 Å². The lowest BCUT2D eigenvalue weighted by atomic mass is 10.0. The van der Waals surface area contributed by atoms with E-state index in [4.69, 9.17) is 23.2 Å². The topological polar surface area (TPSA) is 46.9 Å². The van der Waals surface area contributed by atoms with Crippen molar-refractivity contribution in [1.82, 2.24) is 9.78 Å². The molecule has 0 saturated heterocycles. The molecule has 1 amide bonds. The third kappa shape index (κ3) is 4.34. The normalized spacial score (nSPS) is 11.1. The van der Waals surface area contributed by atoms with Crippen molar-refractivity contribution in [2.45, 2.75) is 26.8 Å². The Morgan fingerprint density at radius 1 is 1.11 bits per heavy atom. The number of carbonyl (C=O) groups is 1. The Hall–Kier alpha value is -2.44. The average Bonchev–Trinajstić information content (AvgIpc) is 2.92. The quantitative estimate of drug-likeness (QED) is 0.542. The number of hydrogen-bond acceptors (Lipinski definition) is 2. The van der Waals surface area contributed by atoms with Crippen molar-refractivity contribution in [3.8, 4) is 11.1 Å². The average molecular weight is 424 g/mol. The van der Waals surface area contributed by atoms with Gasteiger partial charge in [0.15, 0.2) is 0 Å². The van der Waals surface area contributed by atoms with Gasteiger partial charge >= 0.3 is 6.55 Å². The summed E-state index contributed by atoms with van der Waals surface area (Å²) < 4.78 is 26.5. The monoisotopic (exact) mass is 423 g/mol. The molecule has 0 unspecified atom stereocenters. The summed E-state index contributed by atoms with van der Waals surface area (Å²) in [6.07, 6.45) is -0.0403. The van der Waals surface area contributed by atoms with Crippen LogP contribution in [0.4, 0.5) is 14.5 Å².